The van der Waals surface area contributed by atoms with E-state index in [0.29, 0.717) is 49.2 Å². The summed E-state index contributed by atoms with van der Waals surface area (Å²) in [4.78, 5) is 38.9. The lowest BCUT2D eigenvalue weighted by Crippen LogP contribution is -2.45. The van der Waals surface area contributed by atoms with Gasteiger partial charge in [0, 0.05) is 17.2 Å². The molecule has 12 heteroatoms. The van der Waals surface area contributed by atoms with Gasteiger partial charge in [0.2, 0.25) is 17.7 Å². The third kappa shape index (κ3) is 4.93. The molecule has 1 saturated heterocycles. The van der Waals surface area contributed by atoms with Gasteiger partial charge >= 0.3 is 0 Å². The van der Waals surface area contributed by atoms with Crippen LogP contribution >= 0.6 is 0 Å². The van der Waals surface area contributed by atoms with Crippen LogP contribution in [0.1, 0.15) is 75.5 Å². The zero-order chi connectivity index (χ0) is 29.3. The zero-order valence-electron chi connectivity index (χ0n) is 23.1. The number of carbonyl (C=O) groups excluding carboxylic acids is 3. The lowest BCUT2D eigenvalue weighted by atomic mass is 9.69. The van der Waals surface area contributed by atoms with Crippen molar-refractivity contribution in [2.24, 2.45) is 17.4 Å². The summed E-state index contributed by atoms with van der Waals surface area (Å²) in [5.74, 6) is -0.519. The molecule has 1 aliphatic carbocycles. The minimum atomic E-state index is -0.929. The predicted molar refractivity (Wildman–Crippen MR) is 148 cm³/mol. The summed E-state index contributed by atoms with van der Waals surface area (Å²) in [5, 5.41) is 28.1. The molecule has 12 nitrogen and oxygen atoms in total. The molecular formula is C29H33N9O3. The van der Waals surface area contributed by atoms with Crippen molar-refractivity contribution in [2.45, 2.75) is 57.0 Å². The molecule has 2 aromatic carbocycles. The topological polar surface area (TPSA) is 197 Å². The van der Waals surface area contributed by atoms with Gasteiger partial charge in [-0.15, -0.1) is 10.2 Å². The van der Waals surface area contributed by atoms with Crippen LogP contribution in [0.25, 0.3) is 0 Å². The maximum atomic E-state index is 13.2. The number of amides is 3. The number of fused-ring (bicyclic) bond motifs is 2. The van der Waals surface area contributed by atoms with E-state index < -0.39 is 23.3 Å². The van der Waals surface area contributed by atoms with Crippen LogP contribution in [0.4, 0.5) is 0 Å². The molecule has 2 aliphatic rings. The highest BCUT2D eigenvalue weighted by Crippen LogP contribution is 2.46. The molecule has 0 bridgehead atoms. The van der Waals surface area contributed by atoms with E-state index >= 15 is 0 Å². The number of likely N-dealkylation sites (tertiary alicyclic amines) is 1. The molecule has 3 amide bonds. The van der Waals surface area contributed by atoms with E-state index in [9.17, 15) is 19.6 Å². The maximum Gasteiger partial charge on any atom is 0.248 e. The van der Waals surface area contributed by atoms with Crippen LogP contribution in [-0.2, 0) is 23.1 Å². The molecule has 0 radical (unpaired) electrons. The lowest BCUT2D eigenvalue weighted by molar-refractivity contribution is -0.132. The molecular weight excluding hydrogens is 522 g/mol. The molecule has 3 atom stereocenters. The second-order valence-electron chi connectivity index (χ2n) is 10.9. The Bertz CT molecular complexity index is 1460. The average molecular weight is 556 g/mol. The lowest BCUT2D eigenvalue weighted by Gasteiger charge is -2.34. The first-order valence-corrected chi connectivity index (χ1v) is 13.7. The fourth-order valence-corrected chi connectivity index (χ4v) is 6.42. The van der Waals surface area contributed by atoms with Crippen LogP contribution in [0.15, 0.2) is 36.4 Å². The highest BCUT2D eigenvalue weighted by atomic mass is 16.2. The second kappa shape index (κ2) is 11.1. The molecule has 1 fully saturated rings. The van der Waals surface area contributed by atoms with Gasteiger partial charge in [0.15, 0.2) is 5.82 Å². The Labute approximate surface area is 237 Å². The Balaban J connectivity index is 1.53. The molecule has 5 rings (SSSR count). The van der Waals surface area contributed by atoms with E-state index in [1.807, 2.05) is 19.1 Å². The molecule has 2 heterocycles. The number of nitrogens with two attached hydrogens (primary N) is 2. The van der Waals surface area contributed by atoms with Crippen molar-refractivity contribution >= 4 is 17.7 Å². The number of nitrogens with zero attached hydrogens (tertiary/aromatic N) is 5. The van der Waals surface area contributed by atoms with Gasteiger partial charge in [0.1, 0.15) is 6.04 Å². The monoisotopic (exact) mass is 555 g/mol. The third-order valence-electron chi connectivity index (χ3n) is 8.67. The maximum absolute atomic E-state index is 13.2. The Hall–Kier alpha value is -4.63. The quantitative estimate of drug-likeness (QED) is 0.295. The molecule has 1 aliphatic heterocycles. The van der Waals surface area contributed by atoms with Crippen LogP contribution in [0.5, 0.6) is 0 Å². The van der Waals surface area contributed by atoms with Crippen molar-refractivity contribution in [3.05, 3.63) is 75.6 Å². The summed E-state index contributed by atoms with van der Waals surface area (Å²) in [6.45, 7) is 4.49. The first kappa shape index (κ1) is 27.9. The molecule has 0 saturated carbocycles. The van der Waals surface area contributed by atoms with Gasteiger partial charge < -0.3 is 21.7 Å². The number of tetrazole rings is 1. The van der Waals surface area contributed by atoms with Gasteiger partial charge in [-0.2, -0.15) is 10.5 Å². The number of H-pyrrole nitrogens is 1. The van der Waals surface area contributed by atoms with E-state index in [1.165, 1.54) is 0 Å². The van der Waals surface area contributed by atoms with E-state index in [-0.39, 0.29) is 24.4 Å². The minimum Gasteiger partial charge on any atom is -0.366 e. The van der Waals surface area contributed by atoms with Crippen molar-refractivity contribution in [1.82, 2.24) is 30.8 Å². The van der Waals surface area contributed by atoms with E-state index in [1.54, 1.807) is 29.2 Å². The van der Waals surface area contributed by atoms with Crippen LogP contribution in [-0.4, -0.2) is 68.4 Å². The largest absolute Gasteiger partial charge is 0.366 e. The summed E-state index contributed by atoms with van der Waals surface area (Å²) >= 11 is 0. The Morgan fingerprint density at radius 2 is 1.68 bits per heavy atom. The number of benzene rings is 2. The summed E-state index contributed by atoms with van der Waals surface area (Å²) in [5.41, 5.74) is 14.6. The zero-order valence-corrected chi connectivity index (χ0v) is 23.1. The standard InChI is InChI=1S/C29H33N9O3/c1-16-11-22(14-30)38(17(16)2)25(39)15-33-10-9-29(28-34-36-37-35-28)23-7-5-20(26(31)40)12-18(23)3-4-19-13-21(27(32)41)6-8-24(19)29/h5-8,12-13,16-17,22,33H,3-4,9-11,15H2,1-2H3,(H2,31,40)(H2,32,41)(H,34,35,36,37)/t16-,17?,22?/m0/s1. The number of aromatic amines is 1. The molecule has 0 spiro atoms. The molecule has 6 N–H and O–H groups in total. The van der Waals surface area contributed by atoms with Crippen molar-refractivity contribution in [2.75, 3.05) is 13.1 Å². The number of nitriles is 1. The number of rotatable bonds is 8. The van der Waals surface area contributed by atoms with E-state index in [0.717, 1.165) is 22.3 Å². The van der Waals surface area contributed by atoms with Crippen LogP contribution in [0.2, 0.25) is 0 Å². The summed E-state index contributed by atoms with van der Waals surface area (Å²) in [6.07, 6.45) is 2.26. The first-order chi connectivity index (χ1) is 19.7. The van der Waals surface area contributed by atoms with Gasteiger partial charge in [-0.05, 0) is 91.6 Å². The minimum absolute atomic E-state index is 0.0147. The molecule has 3 aromatic rings. The second-order valence-corrected chi connectivity index (χ2v) is 10.9. The fraction of sp³-hybridized carbons (Fsp3) is 0.414. The number of hydrogen-bond acceptors (Lipinski definition) is 8. The first-order valence-electron chi connectivity index (χ1n) is 13.7. The van der Waals surface area contributed by atoms with Crippen LogP contribution < -0.4 is 16.8 Å². The number of aryl methyl sites for hydroxylation is 2. The normalized spacial score (nSPS) is 20.9. The number of carbonyl (C=O) groups is 3. The van der Waals surface area contributed by atoms with Gasteiger partial charge in [-0.25, -0.2) is 0 Å². The Kier molecular flexibility index (Phi) is 7.55. The number of primary amides is 2. The van der Waals surface area contributed by atoms with E-state index in [2.05, 4.69) is 38.9 Å². The highest BCUT2D eigenvalue weighted by molar-refractivity contribution is 5.94. The number of aromatic nitrogens is 4. The number of hydrogen-bond donors (Lipinski definition) is 4. The van der Waals surface area contributed by atoms with Crippen LogP contribution in [0, 0.1) is 17.2 Å². The molecule has 2 unspecified atom stereocenters. The van der Waals surface area contributed by atoms with Gasteiger partial charge in [0.05, 0.1) is 18.0 Å². The van der Waals surface area contributed by atoms with Crippen molar-refractivity contribution in [3.8, 4) is 6.07 Å². The fourth-order valence-electron chi connectivity index (χ4n) is 6.42. The highest BCUT2D eigenvalue weighted by Gasteiger charge is 2.45. The summed E-state index contributed by atoms with van der Waals surface area (Å²) < 4.78 is 0. The summed E-state index contributed by atoms with van der Waals surface area (Å²) in [6, 6.07) is 12.5. The molecule has 41 heavy (non-hydrogen) atoms. The summed E-state index contributed by atoms with van der Waals surface area (Å²) in [7, 11) is 0. The van der Waals surface area contributed by atoms with Gasteiger partial charge in [0.25, 0.3) is 0 Å². The van der Waals surface area contributed by atoms with Crippen LogP contribution in [0.3, 0.4) is 0 Å². The van der Waals surface area contributed by atoms with E-state index in [4.69, 9.17) is 11.5 Å². The predicted octanol–water partition coefficient (Wildman–Crippen LogP) is 0.959. The van der Waals surface area contributed by atoms with Gasteiger partial charge in [-0.3, -0.25) is 14.4 Å². The smallest absolute Gasteiger partial charge is 0.248 e. The van der Waals surface area contributed by atoms with Crippen molar-refractivity contribution in [3.63, 3.8) is 0 Å². The third-order valence-corrected chi connectivity index (χ3v) is 8.67. The Morgan fingerprint density at radius 1 is 1.07 bits per heavy atom. The average Bonchev–Trinajstić information content (AvgIpc) is 3.57. The number of nitrogens with one attached hydrogen (secondary N) is 2. The Morgan fingerprint density at radius 3 is 2.20 bits per heavy atom. The SMILES string of the molecule is CC1[C@@H](C)CC(C#N)N1C(=O)CNCCC1(c2nn[nH]n2)c2ccc(C(N)=O)cc2CCc2cc(C(N)=O)ccc21. The van der Waals surface area contributed by atoms with Gasteiger partial charge in [-0.1, -0.05) is 24.3 Å². The molecule has 1 aromatic heterocycles. The molecule has 212 valence electrons. The van der Waals surface area contributed by atoms with Crippen molar-refractivity contribution < 1.29 is 14.4 Å². The van der Waals surface area contributed by atoms with Crippen molar-refractivity contribution in [1.29, 1.82) is 5.26 Å².